The maximum atomic E-state index is 8.97. The second-order valence-electron chi connectivity index (χ2n) is 7.09. The molecule has 1 aliphatic heterocycles. The highest BCUT2D eigenvalue weighted by Crippen LogP contribution is 2.30. The van der Waals surface area contributed by atoms with Crippen LogP contribution in [-0.4, -0.2) is 38.0 Å². The molecule has 1 unspecified atom stereocenters. The van der Waals surface area contributed by atoms with E-state index in [2.05, 4.69) is 48.9 Å². The van der Waals surface area contributed by atoms with Gasteiger partial charge in [-0.15, -0.1) is 0 Å². The van der Waals surface area contributed by atoms with E-state index in [9.17, 15) is 0 Å². The number of rotatable bonds is 5. The first-order valence-electron chi connectivity index (χ1n) is 9.72. The van der Waals surface area contributed by atoms with Crippen LogP contribution in [0, 0.1) is 28.6 Å². The normalized spacial score (nSPS) is 15.8. The average Bonchev–Trinajstić information content (AvgIpc) is 2.80. The number of nitrogens with zero attached hydrogens (tertiary/aromatic N) is 8. The van der Waals surface area contributed by atoms with Crippen molar-refractivity contribution in [2.45, 2.75) is 40.1 Å². The Morgan fingerprint density at radius 3 is 1.94 bits per heavy atom. The summed E-state index contributed by atoms with van der Waals surface area (Å²) in [6, 6.07) is 11.1. The molecule has 1 atom stereocenters. The monoisotopic (exact) mass is 446 g/mol. The van der Waals surface area contributed by atoms with E-state index in [1.807, 2.05) is 0 Å². The number of anilines is 1. The summed E-state index contributed by atoms with van der Waals surface area (Å²) in [4.78, 5) is 24.8. The van der Waals surface area contributed by atoms with Crippen LogP contribution in [-0.2, 0) is 0 Å². The van der Waals surface area contributed by atoms with Gasteiger partial charge in [0.15, 0.2) is 10.3 Å². The van der Waals surface area contributed by atoms with Crippen molar-refractivity contribution in [3.8, 4) is 12.1 Å². The number of aromatic nitrogens is 5. The van der Waals surface area contributed by atoms with E-state index in [4.69, 9.17) is 10.5 Å². The first-order chi connectivity index (χ1) is 15.1. The standard InChI is InChI=1S/C21H18N8S2/c1-14-3-2-8-29(13-14)19-26-20(30-17-6-4-15(9-22)11-24-17)28-21(27-19)31-18-7-5-16(10-23)12-25-18/h4-7,11-12,14H,2-3,8,13H2,1H3. The lowest BCUT2D eigenvalue weighted by atomic mass is 10.0. The molecule has 0 amide bonds. The fourth-order valence-corrected chi connectivity index (χ4v) is 4.57. The molecule has 4 rings (SSSR count). The molecule has 0 bridgehead atoms. The summed E-state index contributed by atoms with van der Waals surface area (Å²) in [6.07, 6.45) is 5.38. The molecule has 3 aromatic rings. The van der Waals surface area contributed by atoms with Crippen LogP contribution < -0.4 is 4.90 Å². The van der Waals surface area contributed by atoms with Gasteiger partial charge in [0.2, 0.25) is 5.95 Å². The summed E-state index contributed by atoms with van der Waals surface area (Å²) < 4.78 is 0. The topological polar surface area (TPSA) is 115 Å². The summed E-state index contributed by atoms with van der Waals surface area (Å²) >= 11 is 2.66. The van der Waals surface area contributed by atoms with Crippen molar-refractivity contribution in [1.82, 2.24) is 24.9 Å². The van der Waals surface area contributed by atoms with Crippen molar-refractivity contribution in [3.63, 3.8) is 0 Å². The summed E-state index contributed by atoms with van der Waals surface area (Å²) in [5, 5.41) is 20.4. The molecule has 31 heavy (non-hydrogen) atoms. The highest BCUT2D eigenvalue weighted by atomic mass is 32.2. The van der Waals surface area contributed by atoms with Crippen LogP contribution in [0.3, 0.4) is 0 Å². The third-order valence-electron chi connectivity index (χ3n) is 4.65. The zero-order valence-corrected chi connectivity index (χ0v) is 18.4. The third-order valence-corrected chi connectivity index (χ3v) is 6.28. The van der Waals surface area contributed by atoms with E-state index in [1.54, 1.807) is 24.3 Å². The molecule has 154 valence electrons. The third kappa shape index (κ3) is 5.48. The van der Waals surface area contributed by atoms with Gasteiger partial charge in [-0.3, -0.25) is 0 Å². The Labute approximate surface area is 188 Å². The highest BCUT2D eigenvalue weighted by molar-refractivity contribution is 7.99. The van der Waals surface area contributed by atoms with E-state index in [0.717, 1.165) is 19.5 Å². The largest absolute Gasteiger partial charge is 0.340 e. The molecule has 1 saturated heterocycles. The maximum Gasteiger partial charge on any atom is 0.230 e. The highest BCUT2D eigenvalue weighted by Gasteiger charge is 2.21. The predicted molar refractivity (Wildman–Crippen MR) is 117 cm³/mol. The molecular weight excluding hydrogens is 428 g/mol. The Hall–Kier alpha value is -3.21. The van der Waals surface area contributed by atoms with E-state index in [-0.39, 0.29) is 0 Å². The van der Waals surface area contributed by atoms with Crippen LogP contribution in [0.5, 0.6) is 0 Å². The predicted octanol–water partition coefficient (Wildman–Crippen LogP) is 3.94. The molecule has 0 aromatic carbocycles. The number of hydrogen-bond acceptors (Lipinski definition) is 10. The Morgan fingerprint density at radius 1 is 0.903 bits per heavy atom. The summed E-state index contributed by atoms with van der Waals surface area (Å²) in [6.45, 7) is 4.05. The van der Waals surface area contributed by atoms with Crippen LogP contribution in [0.2, 0.25) is 0 Å². The minimum Gasteiger partial charge on any atom is -0.340 e. The van der Waals surface area contributed by atoms with Gasteiger partial charge in [-0.1, -0.05) is 6.92 Å². The van der Waals surface area contributed by atoms with Crippen molar-refractivity contribution in [2.24, 2.45) is 5.92 Å². The molecule has 0 N–H and O–H groups in total. The van der Waals surface area contributed by atoms with Crippen LogP contribution in [0.15, 0.2) is 57.0 Å². The Morgan fingerprint density at radius 2 is 1.48 bits per heavy atom. The van der Waals surface area contributed by atoms with Gasteiger partial charge in [0.05, 0.1) is 11.1 Å². The van der Waals surface area contributed by atoms with Crippen LogP contribution in [0.1, 0.15) is 30.9 Å². The lowest BCUT2D eigenvalue weighted by Gasteiger charge is -2.31. The van der Waals surface area contributed by atoms with Crippen molar-refractivity contribution < 1.29 is 0 Å². The lowest BCUT2D eigenvalue weighted by molar-refractivity contribution is 0.439. The molecule has 10 heteroatoms. The fraction of sp³-hybridized carbons (Fsp3) is 0.286. The minimum atomic E-state index is 0.506. The van der Waals surface area contributed by atoms with Crippen molar-refractivity contribution >= 4 is 29.5 Å². The minimum absolute atomic E-state index is 0.506. The van der Waals surface area contributed by atoms with Crippen molar-refractivity contribution in [1.29, 1.82) is 10.5 Å². The Bertz CT molecular complexity index is 1060. The molecule has 0 saturated carbocycles. The van der Waals surface area contributed by atoms with Gasteiger partial charge < -0.3 is 4.90 Å². The number of nitriles is 2. The van der Waals surface area contributed by atoms with Crippen LogP contribution in [0.25, 0.3) is 0 Å². The van der Waals surface area contributed by atoms with Crippen molar-refractivity contribution in [2.75, 3.05) is 18.0 Å². The number of pyridine rings is 2. The molecule has 0 spiro atoms. The molecule has 3 aromatic heterocycles. The SMILES string of the molecule is CC1CCCN(c2nc(Sc3ccc(C#N)cn3)nc(Sc3ccc(C#N)cn3)n2)C1. The van der Waals surface area contributed by atoms with Crippen LogP contribution in [0.4, 0.5) is 5.95 Å². The molecule has 1 fully saturated rings. The summed E-state index contributed by atoms with van der Waals surface area (Å²) in [7, 11) is 0. The second-order valence-corrected chi connectivity index (χ2v) is 9.07. The van der Waals surface area contributed by atoms with Gasteiger partial charge in [0.1, 0.15) is 22.2 Å². The lowest BCUT2D eigenvalue weighted by Crippen LogP contribution is -2.35. The van der Waals surface area contributed by atoms with Gasteiger partial charge in [-0.25, -0.2) is 9.97 Å². The fourth-order valence-electron chi connectivity index (χ4n) is 3.13. The molecule has 1 aliphatic rings. The van der Waals surface area contributed by atoms with Gasteiger partial charge in [0.25, 0.3) is 0 Å². The van der Waals surface area contributed by atoms with Crippen LogP contribution >= 0.6 is 23.5 Å². The maximum absolute atomic E-state index is 8.97. The Kier molecular flexibility index (Phi) is 6.60. The van der Waals surface area contributed by atoms with E-state index < -0.39 is 0 Å². The summed E-state index contributed by atoms with van der Waals surface area (Å²) in [5.41, 5.74) is 1.01. The smallest absolute Gasteiger partial charge is 0.230 e. The van der Waals surface area contributed by atoms with Crippen molar-refractivity contribution in [3.05, 3.63) is 47.8 Å². The second kappa shape index (κ2) is 9.73. The number of hydrogen-bond donors (Lipinski definition) is 0. The molecule has 4 heterocycles. The Balaban J connectivity index is 1.63. The van der Waals surface area contributed by atoms with Gasteiger partial charge in [0, 0.05) is 25.5 Å². The van der Waals surface area contributed by atoms with Gasteiger partial charge >= 0.3 is 0 Å². The number of piperidine rings is 1. The van der Waals surface area contributed by atoms with E-state index >= 15 is 0 Å². The first kappa shape index (κ1) is 21.0. The quantitative estimate of drug-likeness (QED) is 0.570. The zero-order valence-electron chi connectivity index (χ0n) is 16.8. The van der Waals surface area contributed by atoms with E-state index in [1.165, 1.54) is 42.3 Å². The van der Waals surface area contributed by atoms with Gasteiger partial charge in [-0.05, 0) is 66.5 Å². The molecule has 0 aliphatic carbocycles. The summed E-state index contributed by atoms with van der Waals surface area (Å²) in [5.74, 6) is 1.23. The average molecular weight is 447 g/mol. The first-order valence-corrected chi connectivity index (χ1v) is 11.4. The zero-order chi connectivity index (χ0) is 21.6. The molecule has 0 radical (unpaired) electrons. The van der Waals surface area contributed by atoms with E-state index in [0.29, 0.717) is 43.4 Å². The molecular formula is C21H18N8S2. The van der Waals surface area contributed by atoms with Gasteiger partial charge in [-0.2, -0.15) is 25.5 Å². The molecule has 8 nitrogen and oxygen atoms in total.